The summed E-state index contributed by atoms with van der Waals surface area (Å²) in [5.41, 5.74) is 1.99. The highest BCUT2D eigenvalue weighted by Crippen LogP contribution is 2.26. The van der Waals surface area contributed by atoms with Crippen molar-refractivity contribution >= 4 is 54.9 Å². The summed E-state index contributed by atoms with van der Waals surface area (Å²) in [4.78, 5) is 33.9. The van der Waals surface area contributed by atoms with E-state index < -0.39 is 10.0 Å². The molecule has 0 unspecified atom stereocenters. The quantitative estimate of drug-likeness (QED) is 0.538. The zero-order valence-corrected chi connectivity index (χ0v) is 20.3. The molecule has 2 aromatic heterocycles. The van der Waals surface area contributed by atoms with Crippen LogP contribution in [0, 0.1) is 20.8 Å². The molecule has 3 aromatic rings. The minimum Gasteiger partial charge on any atom is -0.325 e. The van der Waals surface area contributed by atoms with Crippen molar-refractivity contribution in [3.05, 3.63) is 50.4 Å². The Morgan fingerprint density at radius 3 is 2.65 bits per heavy atom. The number of benzene rings is 1. The predicted octanol–water partition coefficient (Wildman–Crippen LogP) is 3.03. The number of aromatic nitrogens is 2. The maximum atomic E-state index is 12.4. The van der Waals surface area contributed by atoms with Gasteiger partial charge in [0, 0.05) is 24.7 Å². The minimum atomic E-state index is -3.59. The number of aryl methyl sites for hydroxylation is 3. The fraction of sp³-hybridized carbons (Fsp3) is 0.350. The molecule has 1 amide bonds. The second kappa shape index (κ2) is 9.11. The van der Waals surface area contributed by atoms with Gasteiger partial charge >= 0.3 is 0 Å². The third-order valence-corrected chi connectivity index (χ3v) is 8.68. The summed E-state index contributed by atoms with van der Waals surface area (Å²) in [6.07, 6.45) is 0. The number of anilines is 1. The number of nitrogens with one attached hydrogen (secondary N) is 2. The molecule has 2 N–H and O–H groups in total. The molecule has 0 aliphatic heterocycles. The lowest BCUT2D eigenvalue weighted by Gasteiger charge is -2.14. The van der Waals surface area contributed by atoms with Gasteiger partial charge in [-0.2, -0.15) is 0 Å². The number of hydrogen-bond acceptors (Lipinski definition) is 7. The Bertz CT molecular complexity index is 1310. The molecular weight excluding hydrogens is 456 g/mol. The number of thiophene rings is 1. The maximum Gasteiger partial charge on any atom is 0.259 e. The molecule has 0 radical (unpaired) electrons. The van der Waals surface area contributed by atoms with Gasteiger partial charge in [-0.1, -0.05) is 6.07 Å². The lowest BCUT2D eigenvalue weighted by molar-refractivity contribution is -0.113. The van der Waals surface area contributed by atoms with E-state index >= 15 is 0 Å². The molecule has 0 atom stereocenters. The van der Waals surface area contributed by atoms with Crippen LogP contribution in [-0.2, 0) is 20.6 Å². The van der Waals surface area contributed by atoms with Gasteiger partial charge in [0.25, 0.3) is 5.56 Å². The van der Waals surface area contributed by atoms with Crippen LogP contribution in [0.1, 0.15) is 21.8 Å². The fourth-order valence-corrected chi connectivity index (χ4v) is 5.57. The van der Waals surface area contributed by atoms with Gasteiger partial charge in [0.1, 0.15) is 10.7 Å². The number of carbonyl (C=O) groups is 1. The van der Waals surface area contributed by atoms with Crippen molar-refractivity contribution in [1.29, 1.82) is 0 Å². The van der Waals surface area contributed by atoms with Crippen molar-refractivity contribution < 1.29 is 13.2 Å². The van der Waals surface area contributed by atoms with Crippen LogP contribution in [0.25, 0.3) is 10.2 Å². The van der Waals surface area contributed by atoms with Gasteiger partial charge < -0.3 is 10.3 Å². The van der Waals surface area contributed by atoms with E-state index in [-0.39, 0.29) is 22.1 Å². The summed E-state index contributed by atoms with van der Waals surface area (Å²) in [5.74, 6) is 0.766. The average molecular weight is 481 g/mol. The topological polar surface area (TPSA) is 112 Å². The van der Waals surface area contributed by atoms with Crippen LogP contribution >= 0.6 is 23.1 Å². The molecule has 2 heterocycles. The molecule has 1 aromatic carbocycles. The number of thioether (sulfide) groups is 1. The van der Waals surface area contributed by atoms with Crippen LogP contribution in [-0.4, -0.2) is 48.4 Å². The zero-order valence-electron chi connectivity index (χ0n) is 17.9. The number of rotatable bonds is 7. The Hall–Kier alpha value is -2.21. The van der Waals surface area contributed by atoms with Gasteiger partial charge in [-0.25, -0.2) is 17.7 Å². The number of carbonyl (C=O) groups excluding carboxylic acids is 1. The van der Waals surface area contributed by atoms with Gasteiger partial charge in [0.15, 0.2) is 0 Å². The Morgan fingerprint density at radius 2 is 1.97 bits per heavy atom. The number of hydrogen-bond donors (Lipinski definition) is 2. The van der Waals surface area contributed by atoms with Crippen LogP contribution in [0.15, 0.2) is 27.9 Å². The summed E-state index contributed by atoms with van der Waals surface area (Å²) < 4.78 is 25.8. The van der Waals surface area contributed by atoms with Gasteiger partial charge in [0.05, 0.1) is 21.8 Å². The highest BCUT2D eigenvalue weighted by atomic mass is 32.2. The maximum absolute atomic E-state index is 12.4. The van der Waals surface area contributed by atoms with Crippen molar-refractivity contribution in [3.63, 3.8) is 0 Å². The standard InChI is InChI=1S/C20H24N4O4S3/c1-11-6-7-14(31(27,28)24(4)5)8-15(11)21-17(25)10-29-9-16-22-19(26)18-12(2)13(3)30-20(18)23-16/h6-8H,9-10H2,1-5H3,(H,21,25)(H,22,23,26). The smallest absolute Gasteiger partial charge is 0.259 e. The van der Waals surface area contributed by atoms with E-state index in [0.29, 0.717) is 27.5 Å². The molecule has 8 nitrogen and oxygen atoms in total. The van der Waals surface area contributed by atoms with Crippen LogP contribution in [0.4, 0.5) is 5.69 Å². The lowest BCUT2D eigenvalue weighted by atomic mass is 10.2. The van der Waals surface area contributed by atoms with E-state index in [1.165, 1.54) is 49.3 Å². The van der Waals surface area contributed by atoms with E-state index in [9.17, 15) is 18.0 Å². The molecule has 0 fully saturated rings. The first-order valence-corrected chi connectivity index (χ1v) is 12.8. The Kier molecular flexibility index (Phi) is 6.89. The van der Waals surface area contributed by atoms with Crippen LogP contribution in [0.5, 0.6) is 0 Å². The second-order valence-corrected chi connectivity index (χ2v) is 11.6. The molecule has 0 saturated carbocycles. The zero-order chi connectivity index (χ0) is 22.9. The third-order valence-electron chi connectivity index (χ3n) is 4.82. The number of sulfonamides is 1. The second-order valence-electron chi connectivity index (χ2n) is 7.28. The first-order valence-electron chi connectivity index (χ1n) is 9.40. The number of H-pyrrole nitrogens is 1. The summed E-state index contributed by atoms with van der Waals surface area (Å²) in [7, 11) is -0.679. The van der Waals surface area contributed by atoms with Crippen LogP contribution in [0.2, 0.25) is 0 Å². The first-order chi connectivity index (χ1) is 14.5. The van der Waals surface area contributed by atoms with E-state index in [1.807, 2.05) is 13.8 Å². The summed E-state index contributed by atoms with van der Waals surface area (Å²) in [5, 5.41) is 3.39. The number of aromatic amines is 1. The summed E-state index contributed by atoms with van der Waals surface area (Å²) in [6.45, 7) is 5.66. The highest BCUT2D eigenvalue weighted by Gasteiger charge is 2.19. The van der Waals surface area contributed by atoms with E-state index in [4.69, 9.17) is 0 Å². The van der Waals surface area contributed by atoms with Crippen molar-refractivity contribution in [2.75, 3.05) is 25.2 Å². The SMILES string of the molecule is Cc1ccc(S(=O)(=O)N(C)C)cc1NC(=O)CSCc1nc2sc(C)c(C)c2c(=O)[nH]1. The van der Waals surface area contributed by atoms with E-state index in [1.54, 1.807) is 13.0 Å². The van der Waals surface area contributed by atoms with Crippen molar-refractivity contribution in [1.82, 2.24) is 14.3 Å². The van der Waals surface area contributed by atoms with Gasteiger partial charge in [-0.3, -0.25) is 9.59 Å². The van der Waals surface area contributed by atoms with Gasteiger partial charge in [-0.15, -0.1) is 23.1 Å². The molecule has 0 bridgehead atoms. The van der Waals surface area contributed by atoms with Crippen molar-refractivity contribution in [2.24, 2.45) is 0 Å². The molecule has 0 aliphatic carbocycles. The number of nitrogens with zero attached hydrogens (tertiary/aromatic N) is 2. The summed E-state index contributed by atoms with van der Waals surface area (Å²) >= 11 is 2.80. The van der Waals surface area contributed by atoms with Crippen LogP contribution in [0.3, 0.4) is 0 Å². The first kappa shape index (κ1) is 23.5. The van der Waals surface area contributed by atoms with E-state index in [0.717, 1.165) is 20.3 Å². The van der Waals surface area contributed by atoms with Crippen LogP contribution < -0.4 is 10.9 Å². The predicted molar refractivity (Wildman–Crippen MR) is 127 cm³/mol. The molecule has 0 spiro atoms. The molecule has 11 heteroatoms. The largest absolute Gasteiger partial charge is 0.325 e. The molecular formula is C20H24N4O4S3. The number of fused-ring (bicyclic) bond motifs is 1. The molecule has 0 saturated heterocycles. The summed E-state index contributed by atoms with van der Waals surface area (Å²) in [6, 6.07) is 4.64. The average Bonchev–Trinajstić information content (AvgIpc) is 2.97. The highest BCUT2D eigenvalue weighted by molar-refractivity contribution is 7.99. The fourth-order valence-electron chi connectivity index (χ4n) is 2.90. The minimum absolute atomic E-state index is 0.114. The van der Waals surface area contributed by atoms with Crippen molar-refractivity contribution in [3.8, 4) is 0 Å². The molecule has 166 valence electrons. The number of amides is 1. The molecule has 31 heavy (non-hydrogen) atoms. The normalized spacial score (nSPS) is 11.9. The Labute approximate surface area is 189 Å². The monoisotopic (exact) mass is 480 g/mol. The third kappa shape index (κ3) is 5.00. The van der Waals surface area contributed by atoms with Gasteiger partial charge in [-0.05, 0) is 44.0 Å². The molecule has 0 aliphatic rings. The lowest BCUT2D eigenvalue weighted by Crippen LogP contribution is -2.22. The Balaban J connectivity index is 1.66. The van der Waals surface area contributed by atoms with Crippen molar-refractivity contribution in [2.45, 2.75) is 31.4 Å². The van der Waals surface area contributed by atoms with E-state index in [2.05, 4.69) is 15.3 Å². The Morgan fingerprint density at radius 1 is 1.26 bits per heavy atom. The van der Waals surface area contributed by atoms with Gasteiger partial charge in [0.2, 0.25) is 15.9 Å². The molecule has 3 rings (SSSR count).